The van der Waals surface area contributed by atoms with Crippen LogP contribution in [-0.2, 0) is 9.59 Å². The molecule has 0 aromatic heterocycles. The highest BCUT2D eigenvalue weighted by atomic mass is 16.4. The van der Waals surface area contributed by atoms with Gasteiger partial charge in [0.15, 0.2) is 0 Å². The fraction of sp³-hybridized carbons (Fsp3) is 0.833. The van der Waals surface area contributed by atoms with Gasteiger partial charge in [0, 0.05) is 0 Å². The highest BCUT2D eigenvalue weighted by Gasteiger charge is 2.40. The fourth-order valence-corrected chi connectivity index (χ4v) is 2.26. The fourth-order valence-electron chi connectivity index (χ4n) is 2.26. The van der Waals surface area contributed by atoms with Crippen molar-refractivity contribution in [2.45, 2.75) is 51.6 Å². The summed E-state index contributed by atoms with van der Waals surface area (Å²) in [5.74, 6) is -1.28. The molecule has 2 atom stereocenters. The number of amides is 1. The van der Waals surface area contributed by atoms with Gasteiger partial charge < -0.3 is 15.7 Å². The van der Waals surface area contributed by atoms with Crippen molar-refractivity contribution >= 4 is 11.9 Å². The Balaban J connectivity index is 2.72. The van der Waals surface area contributed by atoms with Gasteiger partial charge in [-0.15, -0.1) is 0 Å². The van der Waals surface area contributed by atoms with E-state index in [2.05, 4.69) is 10.6 Å². The lowest BCUT2D eigenvalue weighted by Gasteiger charge is -2.29. The zero-order chi connectivity index (χ0) is 13.1. The molecule has 0 aromatic rings. The van der Waals surface area contributed by atoms with Gasteiger partial charge in [0.2, 0.25) is 5.91 Å². The van der Waals surface area contributed by atoms with Crippen LogP contribution >= 0.6 is 0 Å². The van der Waals surface area contributed by atoms with Crippen LogP contribution in [0.2, 0.25) is 0 Å². The molecule has 5 nitrogen and oxygen atoms in total. The molecule has 0 radical (unpaired) electrons. The average Bonchev–Trinajstić information content (AvgIpc) is 2.74. The summed E-state index contributed by atoms with van der Waals surface area (Å²) < 4.78 is 0. The number of carbonyl (C=O) groups excluding carboxylic acids is 1. The molecule has 1 heterocycles. The Labute approximate surface area is 102 Å². The average molecular weight is 242 g/mol. The van der Waals surface area contributed by atoms with Crippen molar-refractivity contribution in [1.29, 1.82) is 0 Å². The van der Waals surface area contributed by atoms with Crippen molar-refractivity contribution in [3.8, 4) is 0 Å². The highest BCUT2D eigenvalue weighted by Crippen LogP contribution is 2.23. The molecule has 2 unspecified atom stereocenters. The molecule has 1 rings (SSSR count). The third-order valence-electron chi connectivity index (χ3n) is 3.50. The number of rotatable bonds is 5. The Morgan fingerprint density at radius 2 is 2.12 bits per heavy atom. The SMILES string of the molecule is CCC1(C(=O)NC(C(=O)O)C(C)C)CCCN1. The van der Waals surface area contributed by atoms with Crippen LogP contribution in [0.3, 0.4) is 0 Å². The van der Waals surface area contributed by atoms with Crippen molar-refractivity contribution in [2.75, 3.05) is 6.54 Å². The number of hydrogen-bond donors (Lipinski definition) is 3. The maximum Gasteiger partial charge on any atom is 0.326 e. The summed E-state index contributed by atoms with van der Waals surface area (Å²) in [4.78, 5) is 23.2. The van der Waals surface area contributed by atoms with Crippen molar-refractivity contribution in [1.82, 2.24) is 10.6 Å². The van der Waals surface area contributed by atoms with Crippen LogP contribution in [0.1, 0.15) is 40.0 Å². The number of aliphatic carboxylic acids is 1. The van der Waals surface area contributed by atoms with Crippen molar-refractivity contribution in [3.63, 3.8) is 0 Å². The van der Waals surface area contributed by atoms with Crippen LogP contribution in [0.25, 0.3) is 0 Å². The molecular weight excluding hydrogens is 220 g/mol. The first kappa shape index (κ1) is 14.0. The molecule has 0 bridgehead atoms. The molecule has 5 heteroatoms. The molecule has 17 heavy (non-hydrogen) atoms. The summed E-state index contributed by atoms with van der Waals surface area (Å²) in [6.07, 6.45) is 2.42. The lowest BCUT2D eigenvalue weighted by Crippen LogP contribution is -2.57. The molecule has 1 aliphatic heterocycles. The van der Waals surface area contributed by atoms with E-state index >= 15 is 0 Å². The molecule has 1 aliphatic rings. The minimum Gasteiger partial charge on any atom is -0.480 e. The molecule has 1 saturated heterocycles. The molecule has 0 saturated carbocycles. The van der Waals surface area contributed by atoms with E-state index in [0.29, 0.717) is 6.42 Å². The first-order chi connectivity index (χ1) is 7.93. The number of carboxylic acid groups (broad SMARTS) is 1. The molecule has 98 valence electrons. The zero-order valence-electron chi connectivity index (χ0n) is 10.7. The second kappa shape index (κ2) is 5.49. The smallest absolute Gasteiger partial charge is 0.326 e. The van der Waals surface area contributed by atoms with E-state index in [0.717, 1.165) is 19.4 Å². The topological polar surface area (TPSA) is 78.4 Å². The first-order valence-corrected chi connectivity index (χ1v) is 6.22. The quantitative estimate of drug-likeness (QED) is 0.664. The van der Waals surface area contributed by atoms with Gasteiger partial charge in [0.05, 0.1) is 5.54 Å². The number of carboxylic acids is 1. The normalized spacial score (nSPS) is 25.9. The van der Waals surface area contributed by atoms with E-state index in [1.54, 1.807) is 13.8 Å². The monoisotopic (exact) mass is 242 g/mol. The van der Waals surface area contributed by atoms with Crippen LogP contribution in [0.15, 0.2) is 0 Å². The summed E-state index contributed by atoms with van der Waals surface area (Å²) in [6.45, 7) is 6.35. The molecule has 1 fully saturated rings. The van der Waals surface area contributed by atoms with E-state index in [9.17, 15) is 9.59 Å². The maximum atomic E-state index is 12.2. The van der Waals surface area contributed by atoms with E-state index in [1.165, 1.54) is 0 Å². The van der Waals surface area contributed by atoms with Gasteiger partial charge in [-0.1, -0.05) is 20.8 Å². The van der Waals surface area contributed by atoms with Gasteiger partial charge >= 0.3 is 5.97 Å². The molecule has 0 aliphatic carbocycles. The van der Waals surface area contributed by atoms with Crippen LogP contribution in [0.4, 0.5) is 0 Å². The van der Waals surface area contributed by atoms with Crippen molar-refractivity contribution in [2.24, 2.45) is 5.92 Å². The summed E-state index contributed by atoms with van der Waals surface area (Å²) in [7, 11) is 0. The number of nitrogens with one attached hydrogen (secondary N) is 2. The Bertz CT molecular complexity index is 296. The van der Waals surface area contributed by atoms with Crippen LogP contribution < -0.4 is 10.6 Å². The summed E-state index contributed by atoms with van der Waals surface area (Å²) >= 11 is 0. The lowest BCUT2D eigenvalue weighted by atomic mass is 9.92. The molecule has 0 aromatic carbocycles. The molecule has 3 N–H and O–H groups in total. The number of hydrogen-bond acceptors (Lipinski definition) is 3. The first-order valence-electron chi connectivity index (χ1n) is 6.22. The van der Waals surface area contributed by atoms with E-state index in [-0.39, 0.29) is 11.8 Å². The Morgan fingerprint density at radius 1 is 1.47 bits per heavy atom. The number of carbonyl (C=O) groups is 2. The molecular formula is C12H22N2O3. The van der Waals surface area contributed by atoms with E-state index in [4.69, 9.17) is 5.11 Å². The standard InChI is InChI=1S/C12H22N2O3/c1-4-12(6-5-7-13-12)11(17)14-9(8(2)3)10(15)16/h8-9,13H,4-7H2,1-3H3,(H,14,17)(H,15,16). The molecule has 1 amide bonds. The Hall–Kier alpha value is -1.10. The van der Waals surface area contributed by atoms with Gasteiger partial charge in [0.25, 0.3) is 0 Å². The lowest BCUT2D eigenvalue weighted by molar-refractivity contribution is -0.144. The van der Waals surface area contributed by atoms with Gasteiger partial charge in [-0.25, -0.2) is 4.79 Å². The minimum atomic E-state index is -0.974. The third kappa shape index (κ3) is 2.97. The predicted octanol–water partition coefficient (Wildman–Crippen LogP) is 0.744. The van der Waals surface area contributed by atoms with Crippen LogP contribution in [0.5, 0.6) is 0 Å². The second-order valence-electron chi connectivity index (χ2n) is 5.00. The van der Waals surface area contributed by atoms with E-state index in [1.807, 2.05) is 6.92 Å². The van der Waals surface area contributed by atoms with Crippen LogP contribution in [-0.4, -0.2) is 35.1 Å². The maximum absolute atomic E-state index is 12.2. The van der Waals surface area contributed by atoms with Crippen LogP contribution in [0, 0.1) is 5.92 Å². The highest BCUT2D eigenvalue weighted by molar-refractivity contribution is 5.90. The van der Waals surface area contributed by atoms with Gasteiger partial charge in [0.1, 0.15) is 6.04 Å². The minimum absolute atomic E-state index is 0.119. The van der Waals surface area contributed by atoms with E-state index < -0.39 is 17.6 Å². The van der Waals surface area contributed by atoms with Crippen molar-refractivity contribution < 1.29 is 14.7 Å². The summed E-state index contributed by atoms with van der Waals surface area (Å²) in [5, 5.41) is 14.9. The Morgan fingerprint density at radius 3 is 2.47 bits per heavy atom. The summed E-state index contributed by atoms with van der Waals surface area (Å²) in [5.41, 5.74) is -0.567. The van der Waals surface area contributed by atoms with Crippen molar-refractivity contribution in [3.05, 3.63) is 0 Å². The van der Waals surface area contributed by atoms with Gasteiger partial charge in [-0.3, -0.25) is 4.79 Å². The third-order valence-corrected chi connectivity index (χ3v) is 3.50. The Kier molecular flexibility index (Phi) is 4.51. The summed E-state index contributed by atoms with van der Waals surface area (Å²) in [6, 6.07) is -0.812. The largest absolute Gasteiger partial charge is 0.480 e. The van der Waals surface area contributed by atoms with Gasteiger partial charge in [-0.2, -0.15) is 0 Å². The van der Waals surface area contributed by atoms with Gasteiger partial charge in [-0.05, 0) is 31.7 Å². The molecule has 0 spiro atoms. The second-order valence-corrected chi connectivity index (χ2v) is 5.00. The predicted molar refractivity (Wildman–Crippen MR) is 64.7 cm³/mol. The zero-order valence-corrected chi connectivity index (χ0v) is 10.7.